The van der Waals surface area contributed by atoms with E-state index in [9.17, 15) is 14.0 Å². The van der Waals surface area contributed by atoms with Crippen LogP contribution in [0.2, 0.25) is 0 Å². The van der Waals surface area contributed by atoms with Crippen molar-refractivity contribution in [1.29, 1.82) is 0 Å². The minimum Gasteiger partial charge on any atom is -0.478 e. The molecule has 110 valence electrons. The molecule has 3 N–H and O–H groups in total. The van der Waals surface area contributed by atoms with Gasteiger partial charge in [0.2, 0.25) is 0 Å². The van der Waals surface area contributed by atoms with Crippen molar-refractivity contribution in [3.63, 3.8) is 0 Å². The molecule has 0 aromatic heterocycles. The van der Waals surface area contributed by atoms with Crippen LogP contribution >= 0.6 is 0 Å². The minimum absolute atomic E-state index is 0.0859. The van der Waals surface area contributed by atoms with Crippen molar-refractivity contribution in [2.75, 3.05) is 11.9 Å². The van der Waals surface area contributed by atoms with Crippen LogP contribution in [-0.4, -0.2) is 23.7 Å². The lowest BCUT2D eigenvalue weighted by molar-refractivity contribution is 0.0697. The van der Waals surface area contributed by atoms with Gasteiger partial charge in [-0.2, -0.15) is 0 Å². The van der Waals surface area contributed by atoms with Crippen LogP contribution in [0.5, 0.6) is 0 Å². The Morgan fingerprint density at radius 1 is 1.30 bits per heavy atom. The van der Waals surface area contributed by atoms with Crippen molar-refractivity contribution in [2.45, 2.75) is 20.8 Å². The zero-order valence-electron chi connectivity index (χ0n) is 11.7. The first-order chi connectivity index (χ1) is 9.31. The molecule has 0 saturated heterocycles. The highest BCUT2D eigenvalue weighted by molar-refractivity contribution is 5.93. The number of carboxylic acid groups (broad SMARTS) is 1. The Labute approximate surface area is 117 Å². The molecule has 1 rings (SSSR count). The number of hydrogen-bond donors (Lipinski definition) is 3. The van der Waals surface area contributed by atoms with Crippen LogP contribution in [0.1, 0.15) is 31.1 Å². The summed E-state index contributed by atoms with van der Waals surface area (Å²) >= 11 is 0. The SMILES string of the molecule is CC(C)C(C)CNC(=O)Nc1cc(C(=O)O)ccc1F. The Hall–Kier alpha value is -2.11. The standard InChI is InChI=1S/C14H19FN2O3/c1-8(2)9(3)7-16-14(20)17-12-6-10(13(18)19)4-5-11(12)15/h4-6,8-9H,7H2,1-3H3,(H,18,19)(H2,16,17,20). The van der Waals surface area contributed by atoms with Crippen LogP contribution in [0.25, 0.3) is 0 Å². The maximum absolute atomic E-state index is 13.5. The molecule has 0 aliphatic carbocycles. The number of hydrogen-bond acceptors (Lipinski definition) is 2. The predicted octanol–water partition coefficient (Wildman–Crippen LogP) is 2.94. The van der Waals surface area contributed by atoms with E-state index in [1.54, 1.807) is 0 Å². The van der Waals surface area contributed by atoms with E-state index in [1.807, 2.05) is 20.8 Å². The zero-order valence-corrected chi connectivity index (χ0v) is 11.7. The van der Waals surface area contributed by atoms with E-state index in [-0.39, 0.29) is 17.2 Å². The van der Waals surface area contributed by atoms with Gasteiger partial charge in [0.25, 0.3) is 0 Å². The lowest BCUT2D eigenvalue weighted by Crippen LogP contribution is -2.34. The summed E-state index contributed by atoms with van der Waals surface area (Å²) in [4.78, 5) is 22.4. The summed E-state index contributed by atoms with van der Waals surface area (Å²) < 4.78 is 13.5. The largest absolute Gasteiger partial charge is 0.478 e. The fraction of sp³-hybridized carbons (Fsp3) is 0.429. The number of nitrogens with one attached hydrogen (secondary N) is 2. The van der Waals surface area contributed by atoms with Gasteiger partial charge in [0.15, 0.2) is 0 Å². The first-order valence-electron chi connectivity index (χ1n) is 6.39. The summed E-state index contributed by atoms with van der Waals surface area (Å²) in [5.74, 6) is -1.15. The molecule has 6 heteroatoms. The van der Waals surface area contributed by atoms with E-state index in [0.717, 1.165) is 18.2 Å². The Kier molecular flexibility index (Phi) is 5.49. The van der Waals surface area contributed by atoms with Crippen LogP contribution in [0.15, 0.2) is 18.2 Å². The van der Waals surface area contributed by atoms with Crippen molar-refractivity contribution in [3.05, 3.63) is 29.6 Å². The van der Waals surface area contributed by atoms with Crippen LogP contribution in [0, 0.1) is 17.7 Å². The second-order valence-corrected chi connectivity index (χ2v) is 5.06. The van der Waals surface area contributed by atoms with Crippen molar-refractivity contribution in [3.8, 4) is 0 Å². The second-order valence-electron chi connectivity index (χ2n) is 5.06. The fourth-order valence-electron chi connectivity index (χ4n) is 1.41. The van der Waals surface area contributed by atoms with Crippen molar-refractivity contribution >= 4 is 17.7 Å². The Morgan fingerprint density at radius 3 is 2.50 bits per heavy atom. The average Bonchev–Trinajstić information content (AvgIpc) is 2.38. The van der Waals surface area contributed by atoms with Gasteiger partial charge in [0.05, 0.1) is 11.3 Å². The van der Waals surface area contributed by atoms with Gasteiger partial charge in [-0.25, -0.2) is 14.0 Å². The molecule has 0 saturated carbocycles. The molecule has 0 radical (unpaired) electrons. The molecule has 2 amide bonds. The molecule has 20 heavy (non-hydrogen) atoms. The Bertz CT molecular complexity index is 503. The number of carboxylic acids is 1. The summed E-state index contributed by atoms with van der Waals surface area (Å²) in [6, 6.07) is 2.68. The molecular weight excluding hydrogens is 263 g/mol. The summed E-state index contributed by atoms with van der Waals surface area (Å²) in [5, 5.41) is 13.8. The molecule has 0 fully saturated rings. The third-order valence-electron chi connectivity index (χ3n) is 3.18. The van der Waals surface area contributed by atoms with Crippen LogP contribution in [-0.2, 0) is 0 Å². The Balaban J connectivity index is 2.66. The normalized spacial score (nSPS) is 12.1. The Morgan fingerprint density at radius 2 is 1.95 bits per heavy atom. The van der Waals surface area contributed by atoms with Gasteiger partial charge in [0, 0.05) is 6.54 Å². The molecule has 0 heterocycles. The number of carbonyl (C=O) groups excluding carboxylic acids is 1. The van der Waals surface area contributed by atoms with Crippen LogP contribution in [0.4, 0.5) is 14.9 Å². The summed E-state index contributed by atoms with van der Waals surface area (Å²) in [6.07, 6.45) is 0. The summed E-state index contributed by atoms with van der Waals surface area (Å²) in [7, 11) is 0. The number of rotatable bonds is 5. The van der Waals surface area contributed by atoms with Gasteiger partial charge < -0.3 is 15.7 Å². The van der Waals surface area contributed by atoms with E-state index in [1.165, 1.54) is 0 Å². The van der Waals surface area contributed by atoms with Crippen molar-refractivity contribution in [1.82, 2.24) is 5.32 Å². The average molecular weight is 282 g/mol. The quantitative estimate of drug-likeness (QED) is 0.777. The number of halogens is 1. The number of anilines is 1. The van der Waals surface area contributed by atoms with E-state index in [0.29, 0.717) is 12.5 Å². The minimum atomic E-state index is -1.18. The van der Waals surface area contributed by atoms with E-state index in [4.69, 9.17) is 5.11 Å². The summed E-state index contributed by atoms with van der Waals surface area (Å²) in [5.41, 5.74) is -0.239. The van der Waals surface area contributed by atoms with E-state index in [2.05, 4.69) is 10.6 Å². The number of urea groups is 1. The molecule has 1 aromatic carbocycles. The highest BCUT2D eigenvalue weighted by Crippen LogP contribution is 2.16. The molecule has 5 nitrogen and oxygen atoms in total. The van der Waals surface area contributed by atoms with Gasteiger partial charge in [0.1, 0.15) is 5.82 Å². The molecule has 1 unspecified atom stereocenters. The van der Waals surface area contributed by atoms with E-state index >= 15 is 0 Å². The third-order valence-corrected chi connectivity index (χ3v) is 3.18. The molecule has 0 aliphatic heterocycles. The molecule has 0 aliphatic rings. The second kappa shape index (κ2) is 6.88. The topological polar surface area (TPSA) is 78.4 Å². The monoisotopic (exact) mass is 282 g/mol. The number of aromatic carboxylic acids is 1. The highest BCUT2D eigenvalue weighted by Gasteiger charge is 2.12. The predicted molar refractivity (Wildman–Crippen MR) is 74.4 cm³/mol. The van der Waals surface area contributed by atoms with Gasteiger partial charge in [-0.1, -0.05) is 20.8 Å². The smallest absolute Gasteiger partial charge is 0.335 e. The number of carbonyl (C=O) groups is 2. The molecular formula is C14H19FN2O3. The van der Waals surface area contributed by atoms with Gasteiger partial charge in [-0.3, -0.25) is 0 Å². The zero-order chi connectivity index (χ0) is 15.3. The maximum Gasteiger partial charge on any atom is 0.335 e. The first kappa shape index (κ1) is 15.9. The highest BCUT2D eigenvalue weighted by atomic mass is 19.1. The van der Waals surface area contributed by atoms with Crippen LogP contribution < -0.4 is 10.6 Å². The third kappa shape index (κ3) is 4.53. The van der Waals surface area contributed by atoms with E-state index < -0.39 is 17.8 Å². The van der Waals surface area contributed by atoms with Crippen molar-refractivity contribution < 1.29 is 19.1 Å². The molecule has 1 aromatic rings. The number of benzene rings is 1. The van der Waals surface area contributed by atoms with Crippen LogP contribution in [0.3, 0.4) is 0 Å². The molecule has 1 atom stereocenters. The van der Waals surface area contributed by atoms with Gasteiger partial charge in [-0.05, 0) is 30.0 Å². The van der Waals surface area contributed by atoms with Gasteiger partial charge >= 0.3 is 12.0 Å². The number of amides is 2. The summed E-state index contributed by atoms with van der Waals surface area (Å²) in [6.45, 7) is 6.54. The lowest BCUT2D eigenvalue weighted by atomic mass is 9.98. The first-order valence-corrected chi connectivity index (χ1v) is 6.39. The van der Waals surface area contributed by atoms with Crippen molar-refractivity contribution in [2.24, 2.45) is 11.8 Å². The lowest BCUT2D eigenvalue weighted by Gasteiger charge is -2.16. The maximum atomic E-state index is 13.5. The fourth-order valence-corrected chi connectivity index (χ4v) is 1.41. The molecule has 0 spiro atoms. The molecule has 0 bridgehead atoms. The van der Waals surface area contributed by atoms with Gasteiger partial charge in [-0.15, -0.1) is 0 Å².